The number of anilines is 2. The summed E-state index contributed by atoms with van der Waals surface area (Å²) in [4.78, 5) is 0.208. The van der Waals surface area contributed by atoms with Crippen LogP contribution in [0.25, 0.3) is 0 Å². The second-order valence-corrected chi connectivity index (χ2v) is 6.29. The standard InChI is InChI=1S/C13H18N4O2S/c1-4-10-5-6-11(14)7-12(10)20(18,19)17-13-8(2)15-16-9(13)3/h5-7,17H,4,14H2,1-3H3,(H,15,16). The number of hydrogen-bond donors (Lipinski definition) is 3. The number of sulfonamides is 1. The van der Waals surface area contributed by atoms with Gasteiger partial charge < -0.3 is 5.73 Å². The van der Waals surface area contributed by atoms with E-state index >= 15 is 0 Å². The minimum atomic E-state index is -3.68. The van der Waals surface area contributed by atoms with Gasteiger partial charge in [-0.05, 0) is 38.0 Å². The summed E-state index contributed by atoms with van der Waals surface area (Å²) in [6.45, 7) is 5.40. The zero-order valence-electron chi connectivity index (χ0n) is 11.7. The predicted octanol–water partition coefficient (Wildman–Crippen LogP) is 1.97. The molecule has 7 heteroatoms. The number of hydrogen-bond acceptors (Lipinski definition) is 4. The first-order chi connectivity index (χ1) is 9.35. The largest absolute Gasteiger partial charge is 0.399 e. The van der Waals surface area contributed by atoms with Gasteiger partial charge in [-0.25, -0.2) is 8.42 Å². The van der Waals surface area contributed by atoms with Gasteiger partial charge in [0.1, 0.15) is 0 Å². The zero-order valence-corrected chi connectivity index (χ0v) is 12.5. The lowest BCUT2D eigenvalue weighted by atomic mass is 10.1. The van der Waals surface area contributed by atoms with Gasteiger partial charge in [-0.15, -0.1) is 0 Å². The van der Waals surface area contributed by atoms with Crippen LogP contribution in [-0.4, -0.2) is 18.6 Å². The molecule has 0 saturated heterocycles. The highest BCUT2D eigenvalue weighted by Gasteiger charge is 2.21. The summed E-state index contributed by atoms with van der Waals surface area (Å²) in [5, 5.41) is 6.73. The highest BCUT2D eigenvalue weighted by atomic mass is 32.2. The van der Waals surface area contributed by atoms with Crippen molar-refractivity contribution in [1.29, 1.82) is 0 Å². The number of nitrogens with zero attached hydrogens (tertiary/aromatic N) is 1. The molecule has 2 rings (SSSR count). The molecule has 1 aromatic carbocycles. The van der Waals surface area contributed by atoms with E-state index in [4.69, 9.17) is 5.73 Å². The van der Waals surface area contributed by atoms with Gasteiger partial charge in [-0.2, -0.15) is 5.10 Å². The molecule has 4 N–H and O–H groups in total. The number of H-pyrrole nitrogens is 1. The van der Waals surface area contributed by atoms with E-state index in [1.807, 2.05) is 6.92 Å². The predicted molar refractivity (Wildman–Crippen MR) is 79.1 cm³/mol. The number of rotatable bonds is 4. The Morgan fingerprint density at radius 3 is 2.60 bits per heavy atom. The second-order valence-electron chi connectivity index (χ2n) is 4.64. The molecule has 0 bridgehead atoms. The molecule has 0 aliphatic heterocycles. The molecule has 0 unspecified atom stereocenters. The van der Waals surface area contributed by atoms with Crippen molar-refractivity contribution < 1.29 is 8.42 Å². The van der Waals surface area contributed by atoms with E-state index in [1.165, 1.54) is 6.07 Å². The molecule has 0 spiro atoms. The van der Waals surface area contributed by atoms with Crippen molar-refractivity contribution in [2.45, 2.75) is 32.1 Å². The van der Waals surface area contributed by atoms with Gasteiger partial charge in [0.05, 0.1) is 22.0 Å². The van der Waals surface area contributed by atoms with Crippen LogP contribution < -0.4 is 10.5 Å². The Hall–Kier alpha value is -2.02. The molecule has 0 aliphatic rings. The third-order valence-corrected chi connectivity index (χ3v) is 4.56. The molecule has 0 aliphatic carbocycles. The molecule has 108 valence electrons. The van der Waals surface area contributed by atoms with Crippen LogP contribution in [0.15, 0.2) is 23.1 Å². The average Bonchev–Trinajstić information content (AvgIpc) is 2.70. The van der Waals surface area contributed by atoms with E-state index in [2.05, 4.69) is 14.9 Å². The van der Waals surface area contributed by atoms with E-state index in [0.29, 0.717) is 29.2 Å². The molecule has 0 atom stereocenters. The van der Waals surface area contributed by atoms with E-state index in [1.54, 1.807) is 26.0 Å². The summed E-state index contributed by atoms with van der Waals surface area (Å²) in [6, 6.07) is 4.91. The van der Waals surface area contributed by atoms with Crippen LogP contribution in [0.1, 0.15) is 23.9 Å². The lowest BCUT2D eigenvalue weighted by molar-refractivity contribution is 0.600. The van der Waals surface area contributed by atoms with Crippen molar-refractivity contribution in [1.82, 2.24) is 10.2 Å². The number of nitrogens with one attached hydrogen (secondary N) is 2. The fourth-order valence-corrected chi connectivity index (χ4v) is 3.53. The van der Waals surface area contributed by atoms with Crippen molar-refractivity contribution in [2.24, 2.45) is 0 Å². The second kappa shape index (κ2) is 5.16. The van der Waals surface area contributed by atoms with Crippen LogP contribution >= 0.6 is 0 Å². The number of nitrogens with two attached hydrogens (primary N) is 1. The molecular weight excluding hydrogens is 276 g/mol. The van der Waals surface area contributed by atoms with E-state index in [-0.39, 0.29) is 4.90 Å². The Balaban J connectivity index is 2.48. The summed E-state index contributed by atoms with van der Waals surface area (Å²) in [5.41, 5.74) is 8.61. The van der Waals surface area contributed by atoms with E-state index < -0.39 is 10.0 Å². The van der Waals surface area contributed by atoms with Gasteiger partial charge in [0, 0.05) is 5.69 Å². The van der Waals surface area contributed by atoms with Crippen LogP contribution in [0.2, 0.25) is 0 Å². The Kier molecular flexibility index (Phi) is 3.71. The van der Waals surface area contributed by atoms with Crippen molar-refractivity contribution in [3.8, 4) is 0 Å². The number of benzene rings is 1. The Labute approximate surface area is 118 Å². The maximum Gasteiger partial charge on any atom is 0.262 e. The van der Waals surface area contributed by atoms with Gasteiger partial charge in [-0.3, -0.25) is 9.82 Å². The number of aromatic amines is 1. The fraction of sp³-hybridized carbons (Fsp3) is 0.308. The molecule has 1 aromatic heterocycles. The normalized spacial score (nSPS) is 11.6. The van der Waals surface area contributed by atoms with Crippen LogP contribution in [0, 0.1) is 13.8 Å². The van der Waals surface area contributed by atoms with E-state index in [9.17, 15) is 8.42 Å². The smallest absolute Gasteiger partial charge is 0.262 e. The lowest BCUT2D eigenvalue weighted by Gasteiger charge is -2.12. The molecule has 20 heavy (non-hydrogen) atoms. The van der Waals surface area contributed by atoms with E-state index in [0.717, 1.165) is 5.56 Å². The minimum Gasteiger partial charge on any atom is -0.399 e. The van der Waals surface area contributed by atoms with Gasteiger partial charge in [0.25, 0.3) is 10.0 Å². The Morgan fingerprint density at radius 2 is 2.05 bits per heavy atom. The summed E-state index contributed by atoms with van der Waals surface area (Å²) in [5.74, 6) is 0. The maximum absolute atomic E-state index is 12.5. The molecular formula is C13H18N4O2S. The quantitative estimate of drug-likeness (QED) is 0.750. The average molecular weight is 294 g/mol. The third-order valence-electron chi connectivity index (χ3n) is 3.13. The molecule has 0 saturated carbocycles. The summed E-state index contributed by atoms with van der Waals surface area (Å²) < 4.78 is 27.6. The third kappa shape index (κ3) is 2.62. The molecule has 0 radical (unpaired) electrons. The SMILES string of the molecule is CCc1ccc(N)cc1S(=O)(=O)Nc1c(C)n[nH]c1C. The molecule has 6 nitrogen and oxygen atoms in total. The van der Waals surface area contributed by atoms with Crippen molar-refractivity contribution in [3.63, 3.8) is 0 Å². The lowest BCUT2D eigenvalue weighted by Crippen LogP contribution is -2.16. The zero-order chi connectivity index (χ0) is 14.9. The number of aryl methyl sites for hydroxylation is 3. The Morgan fingerprint density at radius 1 is 1.35 bits per heavy atom. The maximum atomic E-state index is 12.5. The van der Waals surface area contributed by atoms with Gasteiger partial charge in [-0.1, -0.05) is 13.0 Å². The Bertz CT molecular complexity index is 715. The number of aromatic nitrogens is 2. The first kappa shape index (κ1) is 14.4. The van der Waals surface area contributed by atoms with Crippen LogP contribution in [-0.2, 0) is 16.4 Å². The van der Waals surface area contributed by atoms with Crippen molar-refractivity contribution in [3.05, 3.63) is 35.2 Å². The van der Waals surface area contributed by atoms with Crippen LogP contribution in [0.3, 0.4) is 0 Å². The van der Waals surface area contributed by atoms with Gasteiger partial charge in [0.15, 0.2) is 0 Å². The minimum absolute atomic E-state index is 0.208. The highest BCUT2D eigenvalue weighted by molar-refractivity contribution is 7.92. The van der Waals surface area contributed by atoms with Crippen LogP contribution in [0.4, 0.5) is 11.4 Å². The van der Waals surface area contributed by atoms with Gasteiger partial charge in [0.2, 0.25) is 0 Å². The molecule has 0 amide bonds. The van der Waals surface area contributed by atoms with Crippen molar-refractivity contribution >= 4 is 21.4 Å². The monoisotopic (exact) mass is 294 g/mol. The molecule has 2 aromatic rings. The van der Waals surface area contributed by atoms with Crippen LogP contribution in [0.5, 0.6) is 0 Å². The first-order valence-electron chi connectivity index (χ1n) is 6.28. The number of nitrogen functional groups attached to an aromatic ring is 1. The molecule has 1 heterocycles. The highest BCUT2D eigenvalue weighted by Crippen LogP contribution is 2.25. The topological polar surface area (TPSA) is 101 Å². The summed E-state index contributed by atoms with van der Waals surface area (Å²) in [7, 11) is -3.68. The summed E-state index contributed by atoms with van der Waals surface area (Å²) in [6.07, 6.45) is 0.611. The fourth-order valence-electron chi connectivity index (χ4n) is 2.00. The first-order valence-corrected chi connectivity index (χ1v) is 7.76. The molecule has 0 fully saturated rings. The van der Waals surface area contributed by atoms with Crippen molar-refractivity contribution in [2.75, 3.05) is 10.5 Å². The summed E-state index contributed by atoms with van der Waals surface area (Å²) >= 11 is 0. The van der Waals surface area contributed by atoms with Gasteiger partial charge >= 0.3 is 0 Å².